The lowest BCUT2D eigenvalue weighted by Gasteiger charge is -2.16. The SMILES string of the molecule is CC(=O)Nc1ccc(S(=O)(=O)NC2CCCC2O)cc1. The van der Waals surface area contributed by atoms with Crippen LogP contribution >= 0.6 is 0 Å². The molecule has 20 heavy (non-hydrogen) atoms. The standard InChI is InChI=1S/C13H18N2O4S/c1-9(16)14-10-5-7-11(8-6-10)20(18,19)15-12-3-2-4-13(12)17/h5-8,12-13,15,17H,2-4H2,1H3,(H,14,16). The van der Waals surface area contributed by atoms with Crippen molar-refractivity contribution in [3.05, 3.63) is 24.3 Å². The molecule has 0 heterocycles. The van der Waals surface area contributed by atoms with E-state index < -0.39 is 22.2 Å². The zero-order chi connectivity index (χ0) is 14.8. The topological polar surface area (TPSA) is 95.5 Å². The quantitative estimate of drug-likeness (QED) is 0.767. The maximum atomic E-state index is 12.2. The van der Waals surface area contributed by atoms with Crippen molar-refractivity contribution in [1.82, 2.24) is 4.72 Å². The van der Waals surface area contributed by atoms with Gasteiger partial charge in [0, 0.05) is 18.7 Å². The van der Waals surface area contributed by atoms with Crippen LogP contribution in [-0.2, 0) is 14.8 Å². The van der Waals surface area contributed by atoms with Crippen molar-refractivity contribution in [2.75, 3.05) is 5.32 Å². The van der Waals surface area contributed by atoms with Gasteiger partial charge >= 0.3 is 0 Å². The number of nitrogens with one attached hydrogen (secondary N) is 2. The molecule has 0 spiro atoms. The first-order valence-electron chi connectivity index (χ1n) is 6.46. The molecule has 1 aliphatic rings. The van der Waals surface area contributed by atoms with Crippen molar-refractivity contribution >= 4 is 21.6 Å². The molecule has 0 aromatic heterocycles. The second-order valence-electron chi connectivity index (χ2n) is 4.93. The van der Waals surface area contributed by atoms with Gasteiger partial charge in [0.2, 0.25) is 15.9 Å². The van der Waals surface area contributed by atoms with Gasteiger partial charge in [0.15, 0.2) is 0 Å². The molecule has 0 saturated heterocycles. The highest BCUT2D eigenvalue weighted by Crippen LogP contribution is 2.21. The van der Waals surface area contributed by atoms with Gasteiger partial charge < -0.3 is 10.4 Å². The van der Waals surface area contributed by atoms with Gasteiger partial charge in [-0.25, -0.2) is 13.1 Å². The predicted octanol–water partition coefficient (Wildman–Crippen LogP) is 0.837. The summed E-state index contributed by atoms with van der Waals surface area (Å²) < 4.78 is 26.8. The minimum atomic E-state index is -3.64. The molecule has 7 heteroatoms. The predicted molar refractivity (Wildman–Crippen MR) is 74.7 cm³/mol. The summed E-state index contributed by atoms with van der Waals surface area (Å²) in [6.45, 7) is 1.38. The summed E-state index contributed by atoms with van der Waals surface area (Å²) in [4.78, 5) is 11.0. The number of carbonyl (C=O) groups is 1. The molecule has 1 saturated carbocycles. The minimum absolute atomic E-state index is 0.116. The van der Waals surface area contributed by atoms with Gasteiger partial charge in [-0.1, -0.05) is 0 Å². The molecule has 2 atom stereocenters. The third-order valence-corrected chi connectivity index (χ3v) is 4.78. The van der Waals surface area contributed by atoms with Crippen molar-refractivity contribution in [2.45, 2.75) is 43.2 Å². The van der Waals surface area contributed by atoms with E-state index in [4.69, 9.17) is 0 Å². The molecule has 0 aliphatic heterocycles. The van der Waals surface area contributed by atoms with Gasteiger partial charge in [-0.3, -0.25) is 4.79 Å². The Balaban J connectivity index is 2.11. The van der Waals surface area contributed by atoms with Gasteiger partial charge in [0.05, 0.1) is 11.0 Å². The molecule has 110 valence electrons. The molecule has 1 aromatic carbocycles. The fraction of sp³-hybridized carbons (Fsp3) is 0.462. The number of aliphatic hydroxyl groups excluding tert-OH is 1. The second kappa shape index (κ2) is 5.90. The van der Waals surface area contributed by atoms with Crippen molar-refractivity contribution < 1.29 is 18.3 Å². The molecule has 3 N–H and O–H groups in total. The number of anilines is 1. The fourth-order valence-electron chi connectivity index (χ4n) is 2.27. The van der Waals surface area contributed by atoms with Crippen LogP contribution in [0.1, 0.15) is 26.2 Å². The summed E-state index contributed by atoms with van der Waals surface area (Å²) in [5.74, 6) is -0.215. The van der Waals surface area contributed by atoms with Gasteiger partial charge in [-0.05, 0) is 43.5 Å². The largest absolute Gasteiger partial charge is 0.391 e. The number of aliphatic hydroxyl groups is 1. The molecule has 1 fully saturated rings. The van der Waals surface area contributed by atoms with Crippen LogP contribution in [0.5, 0.6) is 0 Å². The van der Waals surface area contributed by atoms with Crippen LogP contribution in [0.15, 0.2) is 29.2 Å². The third-order valence-electron chi connectivity index (χ3n) is 3.27. The first kappa shape index (κ1) is 15.0. The molecule has 1 amide bonds. The molecule has 0 bridgehead atoms. The lowest BCUT2D eigenvalue weighted by atomic mass is 10.2. The minimum Gasteiger partial charge on any atom is -0.391 e. The van der Waals surface area contributed by atoms with Crippen molar-refractivity contribution in [2.24, 2.45) is 0 Å². The van der Waals surface area contributed by atoms with Crippen molar-refractivity contribution in [1.29, 1.82) is 0 Å². The van der Waals surface area contributed by atoms with Gasteiger partial charge in [-0.15, -0.1) is 0 Å². The fourth-order valence-corrected chi connectivity index (χ4v) is 3.57. The highest BCUT2D eigenvalue weighted by atomic mass is 32.2. The summed E-state index contributed by atoms with van der Waals surface area (Å²) in [5.41, 5.74) is 0.539. The number of amides is 1. The number of sulfonamides is 1. The Kier molecular flexibility index (Phi) is 4.42. The van der Waals surface area contributed by atoms with Gasteiger partial charge in [0.1, 0.15) is 0 Å². The summed E-state index contributed by atoms with van der Waals surface area (Å²) >= 11 is 0. The first-order chi connectivity index (χ1) is 9.38. The van der Waals surface area contributed by atoms with Crippen molar-refractivity contribution in [3.63, 3.8) is 0 Å². The molecule has 2 rings (SSSR count). The Morgan fingerprint density at radius 1 is 1.25 bits per heavy atom. The summed E-state index contributed by atoms with van der Waals surface area (Å²) in [6.07, 6.45) is 1.46. The van der Waals surface area contributed by atoms with Crippen LogP contribution in [0.4, 0.5) is 5.69 Å². The van der Waals surface area contributed by atoms with Crippen molar-refractivity contribution in [3.8, 4) is 0 Å². The van der Waals surface area contributed by atoms with Crippen LogP contribution in [0.25, 0.3) is 0 Å². The summed E-state index contributed by atoms with van der Waals surface area (Å²) in [7, 11) is -3.64. The maximum absolute atomic E-state index is 12.2. The van der Waals surface area contributed by atoms with E-state index >= 15 is 0 Å². The van der Waals surface area contributed by atoms with E-state index in [1.54, 1.807) is 0 Å². The van der Waals surface area contributed by atoms with Gasteiger partial charge in [-0.2, -0.15) is 0 Å². The van der Waals surface area contributed by atoms with Crippen LogP contribution in [0, 0.1) is 0 Å². The maximum Gasteiger partial charge on any atom is 0.240 e. The molecule has 1 aromatic rings. The van der Waals surface area contributed by atoms with Crippen LogP contribution in [0.2, 0.25) is 0 Å². The molecule has 2 unspecified atom stereocenters. The van der Waals surface area contributed by atoms with Crippen LogP contribution < -0.4 is 10.0 Å². The van der Waals surface area contributed by atoms with E-state index in [9.17, 15) is 18.3 Å². The second-order valence-corrected chi connectivity index (χ2v) is 6.65. The highest BCUT2D eigenvalue weighted by Gasteiger charge is 2.29. The monoisotopic (exact) mass is 298 g/mol. The number of hydrogen-bond acceptors (Lipinski definition) is 4. The first-order valence-corrected chi connectivity index (χ1v) is 7.95. The lowest BCUT2D eigenvalue weighted by molar-refractivity contribution is -0.114. The van der Waals surface area contributed by atoms with E-state index in [0.717, 1.165) is 6.42 Å². The molecular weight excluding hydrogens is 280 g/mol. The highest BCUT2D eigenvalue weighted by molar-refractivity contribution is 7.89. The Morgan fingerprint density at radius 3 is 2.40 bits per heavy atom. The van der Waals surface area contributed by atoms with E-state index in [2.05, 4.69) is 10.0 Å². The van der Waals surface area contributed by atoms with E-state index in [1.165, 1.54) is 31.2 Å². The molecular formula is C13H18N2O4S. The van der Waals surface area contributed by atoms with Gasteiger partial charge in [0.25, 0.3) is 0 Å². The van der Waals surface area contributed by atoms with Crippen LogP contribution in [-0.4, -0.2) is 31.6 Å². The van der Waals surface area contributed by atoms with E-state index in [-0.39, 0.29) is 10.8 Å². The average molecular weight is 298 g/mol. The Morgan fingerprint density at radius 2 is 1.90 bits per heavy atom. The number of carbonyl (C=O) groups excluding carboxylic acids is 1. The molecule has 1 aliphatic carbocycles. The zero-order valence-electron chi connectivity index (χ0n) is 11.2. The average Bonchev–Trinajstić information content (AvgIpc) is 2.74. The number of rotatable bonds is 4. The van der Waals surface area contributed by atoms with E-state index in [1.807, 2.05) is 0 Å². The van der Waals surface area contributed by atoms with Crippen LogP contribution in [0.3, 0.4) is 0 Å². The Hall–Kier alpha value is -1.44. The summed E-state index contributed by atoms with van der Waals surface area (Å²) in [5, 5.41) is 12.2. The molecule has 6 nitrogen and oxygen atoms in total. The Labute approximate surface area is 118 Å². The summed E-state index contributed by atoms with van der Waals surface area (Å²) in [6, 6.07) is 5.49. The number of hydrogen-bond donors (Lipinski definition) is 3. The zero-order valence-corrected chi connectivity index (χ0v) is 12.0. The smallest absolute Gasteiger partial charge is 0.240 e. The van der Waals surface area contributed by atoms with E-state index in [0.29, 0.717) is 18.5 Å². The lowest BCUT2D eigenvalue weighted by Crippen LogP contribution is -2.39. The number of benzene rings is 1. The third kappa shape index (κ3) is 3.56. The normalized spacial score (nSPS) is 22.7. The molecule has 0 radical (unpaired) electrons. The Bertz CT molecular complexity index is 583.